The molecular weight excluding hydrogens is 733 g/mol. The van der Waals surface area contributed by atoms with Crippen molar-refractivity contribution in [1.29, 1.82) is 0 Å². The highest BCUT2D eigenvalue weighted by atomic mass is 28.3. The van der Waals surface area contributed by atoms with E-state index < -0.39 is 16.1 Å². The van der Waals surface area contributed by atoms with Crippen LogP contribution in [0.2, 0.25) is 18.1 Å². The second kappa shape index (κ2) is 16.6. The monoisotopic (exact) mass is 786 g/mol. The topological polar surface area (TPSA) is 50.0 Å². The molecule has 0 radical (unpaired) electrons. The predicted molar refractivity (Wildman–Crippen MR) is 239 cm³/mol. The summed E-state index contributed by atoms with van der Waals surface area (Å²) in [5.74, 6) is 0. The van der Waals surface area contributed by atoms with Gasteiger partial charge in [-0.15, -0.1) is 0 Å². The van der Waals surface area contributed by atoms with E-state index in [1.807, 2.05) is 42.7 Å². The van der Waals surface area contributed by atoms with Crippen molar-refractivity contribution in [3.63, 3.8) is 0 Å². The molecule has 4 heterocycles. The van der Waals surface area contributed by atoms with Gasteiger partial charge in [0.05, 0.1) is 5.32 Å². The molecule has 2 amide bonds. The maximum atomic E-state index is 14.0. The van der Waals surface area contributed by atoms with Gasteiger partial charge in [0, 0.05) is 0 Å². The lowest BCUT2D eigenvalue weighted by Gasteiger charge is -2.31. The first-order valence-electron chi connectivity index (χ1n) is 20.9. The highest BCUT2D eigenvalue weighted by Gasteiger charge is 2.50. The Hall–Kier alpha value is -5.45. The summed E-state index contributed by atoms with van der Waals surface area (Å²) in [4.78, 5) is 27.0. The van der Waals surface area contributed by atoms with Gasteiger partial charge in [0.15, 0.2) is 11.4 Å². The number of benzene rings is 4. The van der Waals surface area contributed by atoms with E-state index in [1.165, 1.54) is 58.3 Å². The Morgan fingerprint density at radius 3 is 1.49 bits per heavy atom. The van der Waals surface area contributed by atoms with Crippen LogP contribution < -0.4 is 26.2 Å². The molecule has 0 atom stereocenters. The number of aromatic nitrogens is 2. The molecule has 0 unspecified atom stereocenters. The number of nitrogens with zero attached hydrogens (tertiary/aromatic N) is 4. The molecule has 3 aliphatic rings. The zero-order valence-electron chi connectivity index (χ0n) is 33.6. The molecule has 1 fully saturated rings. The Morgan fingerprint density at radius 1 is 0.526 bits per heavy atom. The Balaban J connectivity index is 0.000000173. The summed E-state index contributed by atoms with van der Waals surface area (Å²) in [6.07, 6.45) is 9.99. The third-order valence-electron chi connectivity index (χ3n) is 13.0. The van der Waals surface area contributed by atoms with Crippen molar-refractivity contribution in [2.75, 3.05) is 0 Å². The first-order chi connectivity index (χ1) is 27.9. The lowest BCUT2D eigenvalue weighted by Crippen LogP contribution is -2.76. The van der Waals surface area contributed by atoms with Crippen LogP contribution in [0.15, 0.2) is 146 Å². The summed E-state index contributed by atoms with van der Waals surface area (Å²) in [5, 5.41) is 6.30. The molecule has 2 aromatic heterocycles. The number of amides is 2. The zero-order valence-corrected chi connectivity index (χ0v) is 35.6. The standard InChI is InChI=1S/C30H29N2OSi.C19H25N2OSi/c33-30-31(24-13-5-1-6-14-24)23-25-21-22-29(32(25)30)34(26-15-7-2-8-16-26,27-17-9-3-10-18-27)28-19-11-4-12-20-28;1-4-23(5-2,6-3)18-13-12-17-15-20(19(22)21(17)18)14-16-10-8-7-9-11-16/h2-4,7-12,15-24H,1,5-6,13-14H2;7-13,15H,4-6,14H2,1-3H3/q2*+1. The Morgan fingerprint density at radius 2 is 0.982 bits per heavy atom. The van der Waals surface area contributed by atoms with E-state index in [4.69, 9.17) is 0 Å². The largest absolute Gasteiger partial charge is 0.503 e. The number of fused-ring (bicyclic) bond motifs is 2. The SMILES string of the molecule is CC[Si](CC)(CC)c1ccc2n1C(=O)[N+](Cc1ccccc1)=C2.O=C1n2c(ccc2[Si](c2ccccc2)(c2ccccc2)c2ccccc2)C=[N+]1C1CCCCC1. The van der Waals surface area contributed by atoms with Gasteiger partial charge in [-0.3, -0.25) is 0 Å². The molecule has 2 aliphatic heterocycles. The highest BCUT2D eigenvalue weighted by Crippen LogP contribution is 2.25. The quantitative estimate of drug-likeness (QED) is 0.0780. The molecule has 9 rings (SSSR count). The lowest BCUT2D eigenvalue weighted by molar-refractivity contribution is -0.468. The first kappa shape index (κ1) is 38.4. The molecule has 6 aromatic rings. The summed E-state index contributed by atoms with van der Waals surface area (Å²) in [6, 6.07) is 55.4. The molecule has 1 saturated carbocycles. The van der Waals surface area contributed by atoms with Crippen molar-refractivity contribution < 1.29 is 18.7 Å². The van der Waals surface area contributed by atoms with Crippen molar-refractivity contribution >= 4 is 66.8 Å². The van der Waals surface area contributed by atoms with E-state index in [-0.39, 0.29) is 12.1 Å². The average molecular weight is 787 g/mol. The predicted octanol–water partition coefficient (Wildman–Crippen LogP) is 7.43. The minimum Gasteiger partial charge on any atom is -0.196 e. The molecule has 288 valence electrons. The fourth-order valence-electron chi connectivity index (χ4n) is 9.71. The second-order valence-electron chi connectivity index (χ2n) is 15.8. The lowest BCUT2D eigenvalue weighted by atomic mass is 9.95. The van der Waals surface area contributed by atoms with Crippen molar-refractivity contribution in [1.82, 2.24) is 9.13 Å². The van der Waals surface area contributed by atoms with Crippen LogP contribution >= 0.6 is 0 Å². The molecule has 1 aliphatic carbocycles. The van der Waals surface area contributed by atoms with Crippen LogP contribution in [0, 0.1) is 0 Å². The summed E-state index contributed by atoms with van der Waals surface area (Å²) < 4.78 is 7.87. The zero-order chi connectivity index (χ0) is 39.4. The van der Waals surface area contributed by atoms with E-state index in [9.17, 15) is 9.59 Å². The van der Waals surface area contributed by atoms with Crippen LogP contribution in [0.1, 0.15) is 69.8 Å². The van der Waals surface area contributed by atoms with Gasteiger partial charge in [0.1, 0.15) is 38.4 Å². The average Bonchev–Trinajstić information content (AvgIpc) is 4.05. The van der Waals surface area contributed by atoms with E-state index >= 15 is 0 Å². The van der Waals surface area contributed by atoms with Crippen LogP contribution in [0.3, 0.4) is 0 Å². The number of carbonyl (C=O) groups is 2. The smallest absolute Gasteiger partial charge is 0.196 e. The molecular formula is C49H54N4O2Si2+2. The number of carbonyl (C=O) groups excluding carboxylic acids is 2. The Bertz CT molecular complexity index is 2300. The van der Waals surface area contributed by atoms with Crippen LogP contribution in [0.25, 0.3) is 0 Å². The number of hydrogen-bond acceptors (Lipinski definition) is 2. The normalized spacial score (nSPS) is 15.4. The maximum absolute atomic E-state index is 14.0. The Labute approximate surface area is 339 Å². The summed E-state index contributed by atoms with van der Waals surface area (Å²) in [6.45, 7) is 7.48. The van der Waals surface area contributed by atoms with E-state index in [0.29, 0.717) is 12.6 Å². The van der Waals surface area contributed by atoms with Gasteiger partial charge in [-0.2, -0.15) is 27.9 Å². The van der Waals surface area contributed by atoms with Crippen molar-refractivity contribution in [3.05, 3.63) is 163 Å². The summed E-state index contributed by atoms with van der Waals surface area (Å²) in [5.41, 5.74) is 3.20. The van der Waals surface area contributed by atoms with E-state index in [2.05, 4.69) is 154 Å². The molecule has 0 bridgehead atoms. The maximum Gasteiger partial charge on any atom is 0.503 e. The van der Waals surface area contributed by atoms with Gasteiger partial charge < -0.3 is 0 Å². The van der Waals surface area contributed by atoms with E-state index in [1.54, 1.807) is 0 Å². The van der Waals surface area contributed by atoms with Gasteiger partial charge in [-0.1, -0.05) is 167 Å². The number of hydrogen-bond donors (Lipinski definition) is 0. The van der Waals surface area contributed by atoms with Crippen molar-refractivity contribution in [2.45, 2.75) is 83.6 Å². The number of rotatable bonds is 11. The van der Waals surface area contributed by atoms with Crippen LogP contribution in [0.4, 0.5) is 9.59 Å². The molecule has 8 heteroatoms. The third kappa shape index (κ3) is 6.89. The summed E-state index contributed by atoms with van der Waals surface area (Å²) >= 11 is 0. The van der Waals surface area contributed by atoms with Gasteiger partial charge in [-0.05, 0) is 71.1 Å². The molecule has 57 heavy (non-hydrogen) atoms. The first-order valence-corrected chi connectivity index (χ1v) is 25.6. The van der Waals surface area contributed by atoms with Gasteiger partial charge in [0.2, 0.25) is 8.07 Å². The second-order valence-corrected chi connectivity index (χ2v) is 24.7. The minimum absolute atomic E-state index is 0.107. The van der Waals surface area contributed by atoms with E-state index in [0.717, 1.165) is 35.1 Å². The fraction of sp³-hybridized carbons (Fsp3) is 0.265. The minimum atomic E-state index is -2.73. The molecule has 0 spiro atoms. The summed E-state index contributed by atoms with van der Waals surface area (Å²) in [7, 11) is -4.30. The van der Waals surface area contributed by atoms with Crippen LogP contribution in [0.5, 0.6) is 0 Å². The van der Waals surface area contributed by atoms with Gasteiger partial charge >= 0.3 is 12.1 Å². The van der Waals surface area contributed by atoms with Crippen LogP contribution in [-0.4, -0.2) is 65.0 Å². The van der Waals surface area contributed by atoms with Crippen LogP contribution in [-0.2, 0) is 6.54 Å². The molecule has 0 saturated heterocycles. The Kier molecular flexibility index (Phi) is 11.2. The van der Waals surface area contributed by atoms with Crippen molar-refractivity contribution in [3.8, 4) is 0 Å². The third-order valence-corrected chi connectivity index (χ3v) is 23.3. The highest BCUT2D eigenvalue weighted by molar-refractivity contribution is 7.19. The van der Waals surface area contributed by atoms with Gasteiger partial charge in [0.25, 0.3) is 0 Å². The molecule has 4 aromatic carbocycles. The van der Waals surface area contributed by atoms with Crippen molar-refractivity contribution in [2.24, 2.45) is 0 Å². The fourth-order valence-corrected chi connectivity index (χ4v) is 18.3. The molecule has 0 N–H and O–H groups in total. The van der Waals surface area contributed by atoms with Gasteiger partial charge in [-0.25, -0.2) is 0 Å². The molecule has 6 nitrogen and oxygen atoms in total.